The number of nitrogens with zero attached hydrogens (tertiary/aromatic N) is 3. The molecule has 2 fully saturated rings. The Morgan fingerprint density at radius 1 is 0.909 bits per heavy atom. The predicted molar refractivity (Wildman–Crippen MR) is 160 cm³/mol. The number of benzene rings is 3. The number of hydrogen-bond donors (Lipinski definition) is 0. The van der Waals surface area contributed by atoms with Gasteiger partial charge in [0, 0.05) is 49.4 Å². The molecule has 7 nitrogen and oxygen atoms in total. The van der Waals surface area contributed by atoms with Crippen LogP contribution in [0.1, 0.15) is 58.8 Å². The minimum absolute atomic E-state index is 0.0549. The van der Waals surface area contributed by atoms with Gasteiger partial charge in [-0.1, -0.05) is 35.9 Å². The van der Waals surface area contributed by atoms with E-state index < -0.39 is 23.7 Å². The molecule has 5 rings (SSSR count). The van der Waals surface area contributed by atoms with E-state index in [4.69, 9.17) is 4.74 Å². The first-order valence-corrected chi connectivity index (χ1v) is 14.7. The Morgan fingerprint density at radius 3 is 2.16 bits per heavy atom. The van der Waals surface area contributed by atoms with Gasteiger partial charge in [-0.3, -0.25) is 14.4 Å². The number of methoxy groups -OCH3 is 1. The number of carbonyl (C=O) groups excluding carboxylic acids is 3. The third-order valence-corrected chi connectivity index (χ3v) is 8.79. The number of amides is 3. The molecule has 0 radical (unpaired) electrons. The van der Waals surface area contributed by atoms with E-state index in [1.165, 1.54) is 12.1 Å². The third kappa shape index (κ3) is 6.30. The smallest absolute Gasteiger partial charge is 0.416 e. The van der Waals surface area contributed by atoms with Crippen LogP contribution >= 0.6 is 0 Å². The molecule has 2 aliphatic rings. The highest BCUT2D eigenvalue weighted by Crippen LogP contribution is 2.44. The zero-order valence-corrected chi connectivity index (χ0v) is 25.0. The topological polar surface area (TPSA) is 70.2 Å². The van der Waals surface area contributed by atoms with Crippen molar-refractivity contribution in [1.82, 2.24) is 9.80 Å². The molecule has 44 heavy (non-hydrogen) atoms. The van der Waals surface area contributed by atoms with Crippen LogP contribution in [0.15, 0.2) is 72.8 Å². The number of alkyl halides is 3. The summed E-state index contributed by atoms with van der Waals surface area (Å²) in [5.41, 5.74) is 1.92. The van der Waals surface area contributed by atoms with Crippen molar-refractivity contribution in [2.45, 2.75) is 50.9 Å². The Morgan fingerprint density at radius 2 is 1.55 bits per heavy atom. The van der Waals surface area contributed by atoms with E-state index in [1.807, 2.05) is 60.4 Å². The molecule has 0 N–H and O–H groups in total. The maximum Gasteiger partial charge on any atom is 0.416 e. The number of rotatable bonds is 6. The molecule has 0 aromatic heterocycles. The van der Waals surface area contributed by atoms with E-state index in [0.717, 1.165) is 28.9 Å². The second-order valence-electron chi connectivity index (χ2n) is 11.5. The maximum atomic E-state index is 14.2. The number of ether oxygens (including phenoxy) is 1. The fourth-order valence-electron chi connectivity index (χ4n) is 6.31. The van der Waals surface area contributed by atoms with E-state index in [9.17, 15) is 27.6 Å². The molecule has 232 valence electrons. The second kappa shape index (κ2) is 12.7. The van der Waals surface area contributed by atoms with Gasteiger partial charge in [-0.05, 0) is 68.7 Å². The summed E-state index contributed by atoms with van der Waals surface area (Å²) in [7, 11) is 3.22. The van der Waals surface area contributed by atoms with E-state index in [2.05, 4.69) is 0 Å². The molecule has 0 bridgehead atoms. The lowest BCUT2D eigenvalue weighted by Gasteiger charge is -2.44. The number of piperidine rings is 2. The van der Waals surface area contributed by atoms with Gasteiger partial charge < -0.3 is 19.4 Å². The van der Waals surface area contributed by atoms with E-state index in [1.54, 1.807) is 24.0 Å². The monoisotopic (exact) mass is 607 g/mol. The summed E-state index contributed by atoms with van der Waals surface area (Å²) >= 11 is 0. The summed E-state index contributed by atoms with van der Waals surface area (Å²) in [5, 5.41) is 0. The third-order valence-electron chi connectivity index (χ3n) is 8.79. The van der Waals surface area contributed by atoms with Crippen molar-refractivity contribution in [1.29, 1.82) is 0 Å². The molecule has 3 aromatic rings. The molecule has 2 heterocycles. The van der Waals surface area contributed by atoms with Crippen LogP contribution in [0.4, 0.5) is 18.9 Å². The molecule has 2 atom stereocenters. The summed E-state index contributed by atoms with van der Waals surface area (Å²) in [6, 6.07) is 18.6. The average Bonchev–Trinajstić information content (AvgIpc) is 3.04. The van der Waals surface area contributed by atoms with Gasteiger partial charge in [-0.2, -0.15) is 13.2 Å². The molecule has 0 spiro atoms. The van der Waals surface area contributed by atoms with E-state index in [0.29, 0.717) is 38.1 Å². The van der Waals surface area contributed by atoms with E-state index >= 15 is 0 Å². The largest absolute Gasteiger partial charge is 0.496 e. The molecular weight excluding hydrogens is 571 g/mol. The van der Waals surface area contributed by atoms with Crippen molar-refractivity contribution in [2.75, 3.05) is 32.1 Å². The number of hydrogen-bond acceptors (Lipinski definition) is 4. The highest BCUT2D eigenvalue weighted by atomic mass is 19.4. The van der Waals surface area contributed by atoms with Crippen LogP contribution < -0.4 is 9.64 Å². The molecule has 3 amide bonds. The van der Waals surface area contributed by atoms with Gasteiger partial charge in [0.15, 0.2) is 0 Å². The van der Waals surface area contributed by atoms with Crippen molar-refractivity contribution in [3.63, 3.8) is 0 Å². The zero-order valence-electron chi connectivity index (χ0n) is 25.0. The van der Waals surface area contributed by atoms with Gasteiger partial charge >= 0.3 is 6.18 Å². The number of likely N-dealkylation sites (tertiary alicyclic amines) is 1. The SMILES string of the molecule is COc1ccccc1C1C(C(=O)N2CCC(N(C)C(=O)c3ccc(C(F)(F)F)cc3)CC2)CCC(=O)N1c1ccc(C)cc1. The number of carbonyl (C=O) groups is 3. The predicted octanol–water partition coefficient (Wildman–Crippen LogP) is 6.27. The molecule has 10 heteroatoms. The lowest BCUT2D eigenvalue weighted by Crippen LogP contribution is -2.52. The molecular formula is C34H36F3N3O4. The number of aryl methyl sites for hydroxylation is 1. The van der Waals surface area contributed by atoms with Crippen molar-refractivity contribution >= 4 is 23.4 Å². The molecule has 0 saturated carbocycles. The Hall–Kier alpha value is -4.34. The van der Waals surface area contributed by atoms with Crippen LogP contribution in [0.3, 0.4) is 0 Å². The van der Waals surface area contributed by atoms with Crippen LogP contribution in [0.2, 0.25) is 0 Å². The Bertz CT molecular complexity index is 1500. The average molecular weight is 608 g/mol. The Balaban J connectivity index is 1.34. The molecule has 2 saturated heterocycles. The minimum Gasteiger partial charge on any atom is -0.496 e. The number of halogens is 3. The molecule has 0 aliphatic carbocycles. The second-order valence-corrected chi connectivity index (χ2v) is 11.5. The van der Waals surface area contributed by atoms with Crippen molar-refractivity contribution in [3.05, 3.63) is 95.1 Å². The first kappa shape index (κ1) is 31.1. The van der Waals surface area contributed by atoms with Crippen LogP contribution in [0.25, 0.3) is 0 Å². The van der Waals surface area contributed by atoms with Gasteiger partial charge in [-0.25, -0.2) is 0 Å². The van der Waals surface area contributed by atoms with Crippen molar-refractivity contribution < 1.29 is 32.3 Å². The lowest BCUT2D eigenvalue weighted by molar-refractivity contribution is -0.140. The summed E-state index contributed by atoms with van der Waals surface area (Å²) in [5.74, 6) is -0.381. The Kier molecular flexibility index (Phi) is 8.99. The maximum absolute atomic E-state index is 14.2. The van der Waals surface area contributed by atoms with Gasteiger partial charge in [-0.15, -0.1) is 0 Å². The van der Waals surface area contributed by atoms with Crippen LogP contribution in [0.5, 0.6) is 5.75 Å². The van der Waals surface area contributed by atoms with Gasteiger partial charge in [0.25, 0.3) is 5.91 Å². The highest BCUT2D eigenvalue weighted by Gasteiger charge is 2.44. The first-order valence-electron chi connectivity index (χ1n) is 14.7. The zero-order chi connectivity index (χ0) is 31.6. The standard InChI is InChI=1S/C34H36F3N3O4/c1-22-8-14-26(15-9-22)40-30(41)17-16-28(31(40)27-6-4-5-7-29(27)44-3)33(43)39-20-18-25(19-21-39)38(2)32(42)23-10-12-24(13-11-23)34(35,36)37/h4-15,25,28,31H,16-21H2,1-3H3. The minimum atomic E-state index is -4.47. The van der Waals surface area contributed by atoms with Crippen LogP contribution in [-0.4, -0.2) is 60.8 Å². The molecule has 2 unspecified atom stereocenters. The fraction of sp³-hybridized carbons (Fsp3) is 0.382. The first-order chi connectivity index (χ1) is 21.0. The van der Waals surface area contributed by atoms with Crippen molar-refractivity contribution in [2.24, 2.45) is 5.92 Å². The normalized spacial score (nSPS) is 19.5. The number of anilines is 1. The van der Waals surface area contributed by atoms with Crippen LogP contribution in [-0.2, 0) is 15.8 Å². The van der Waals surface area contributed by atoms with Crippen LogP contribution in [0, 0.1) is 12.8 Å². The number of para-hydroxylation sites is 1. The van der Waals surface area contributed by atoms with Crippen molar-refractivity contribution in [3.8, 4) is 5.75 Å². The summed E-state index contributed by atoms with van der Waals surface area (Å²) < 4.78 is 44.5. The summed E-state index contributed by atoms with van der Waals surface area (Å²) in [6.07, 6.45) is -2.78. The van der Waals surface area contributed by atoms with E-state index in [-0.39, 0.29) is 35.7 Å². The molecule has 3 aromatic carbocycles. The molecule has 2 aliphatic heterocycles. The fourth-order valence-corrected chi connectivity index (χ4v) is 6.31. The Labute approximate surface area is 255 Å². The van der Waals surface area contributed by atoms with Gasteiger partial charge in [0.05, 0.1) is 24.6 Å². The van der Waals surface area contributed by atoms with Gasteiger partial charge in [0.1, 0.15) is 5.75 Å². The highest BCUT2D eigenvalue weighted by molar-refractivity contribution is 5.98. The summed E-state index contributed by atoms with van der Waals surface area (Å²) in [6.45, 7) is 2.81. The quantitative estimate of drug-likeness (QED) is 0.331. The lowest BCUT2D eigenvalue weighted by atomic mass is 9.82. The van der Waals surface area contributed by atoms with Gasteiger partial charge in [0.2, 0.25) is 11.8 Å². The summed E-state index contributed by atoms with van der Waals surface area (Å²) in [4.78, 5) is 45.8.